The number of hydrogen-bond acceptors (Lipinski definition) is 6. The third-order valence-corrected chi connectivity index (χ3v) is 4.64. The van der Waals surface area contributed by atoms with Crippen LogP contribution in [0.25, 0.3) is 11.4 Å². The Morgan fingerprint density at radius 3 is 2.81 bits per heavy atom. The first-order chi connectivity index (χ1) is 15.6. The van der Waals surface area contributed by atoms with E-state index in [1.54, 1.807) is 50.1 Å². The fourth-order valence-electron chi connectivity index (χ4n) is 3.06. The Labute approximate surface area is 183 Å². The van der Waals surface area contributed by atoms with E-state index in [1.165, 1.54) is 0 Å². The van der Waals surface area contributed by atoms with E-state index >= 15 is 0 Å². The predicted molar refractivity (Wildman–Crippen MR) is 118 cm³/mol. The van der Waals surface area contributed by atoms with Gasteiger partial charge in [-0.3, -0.25) is 20.0 Å². The van der Waals surface area contributed by atoms with Crippen molar-refractivity contribution < 1.29 is 14.3 Å². The zero-order valence-corrected chi connectivity index (χ0v) is 17.3. The maximum absolute atomic E-state index is 12.6. The Bertz CT molecular complexity index is 1220. The Balaban J connectivity index is 1.39. The second-order valence-corrected chi connectivity index (χ2v) is 6.84. The third-order valence-electron chi connectivity index (χ3n) is 4.64. The van der Waals surface area contributed by atoms with Crippen molar-refractivity contribution in [1.29, 1.82) is 0 Å². The largest absolute Gasteiger partial charge is 0.496 e. The van der Waals surface area contributed by atoms with Gasteiger partial charge >= 0.3 is 0 Å². The molecule has 0 saturated carbocycles. The van der Waals surface area contributed by atoms with E-state index in [-0.39, 0.29) is 18.3 Å². The number of H-pyrrole nitrogens is 1. The number of hydrogen-bond donors (Lipinski definition) is 3. The number of rotatable bonds is 8. The SMILES string of the molecule is COc1ccccc1-c1nc(NC(=O)c2cccc(NC(=O)CCn3ccnc3)c2)n[nH]1. The van der Waals surface area contributed by atoms with Gasteiger partial charge in [0.15, 0.2) is 5.82 Å². The van der Waals surface area contributed by atoms with E-state index < -0.39 is 5.91 Å². The maximum atomic E-state index is 12.6. The first kappa shape index (κ1) is 20.8. The first-order valence-electron chi connectivity index (χ1n) is 9.85. The van der Waals surface area contributed by atoms with Gasteiger partial charge in [-0.1, -0.05) is 18.2 Å². The number of benzene rings is 2. The number of imidazole rings is 1. The molecular formula is C22H21N7O3. The number of methoxy groups -OCH3 is 1. The number of aryl methyl sites for hydroxylation is 1. The number of anilines is 2. The van der Waals surface area contributed by atoms with Gasteiger partial charge in [0.05, 0.1) is 19.0 Å². The van der Waals surface area contributed by atoms with Crippen LogP contribution >= 0.6 is 0 Å². The molecule has 0 aliphatic rings. The van der Waals surface area contributed by atoms with Crippen molar-refractivity contribution in [3.63, 3.8) is 0 Å². The van der Waals surface area contributed by atoms with Gasteiger partial charge < -0.3 is 14.6 Å². The highest BCUT2D eigenvalue weighted by molar-refractivity contribution is 6.04. The van der Waals surface area contributed by atoms with Gasteiger partial charge in [0, 0.05) is 36.6 Å². The van der Waals surface area contributed by atoms with Gasteiger partial charge in [-0.05, 0) is 30.3 Å². The molecule has 0 unspecified atom stereocenters. The summed E-state index contributed by atoms with van der Waals surface area (Å²) >= 11 is 0. The van der Waals surface area contributed by atoms with E-state index in [2.05, 4.69) is 30.8 Å². The molecule has 0 fully saturated rings. The van der Waals surface area contributed by atoms with Gasteiger partial charge in [0.1, 0.15) is 5.75 Å². The minimum absolute atomic E-state index is 0.130. The van der Waals surface area contributed by atoms with Crippen LogP contribution in [0, 0.1) is 0 Å². The van der Waals surface area contributed by atoms with Crippen molar-refractivity contribution in [2.75, 3.05) is 17.7 Å². The molecule has 4 rings (SSSR count). The molecule has 0 radical (unpaired) electrons. The van der Waals surface area contributed by atoms with E-state index in [0.717, 1.165) is 5.56 Å². The Kier molecular flexibility index (Phi) is 6.21. The summed E-state index contributed by atoms with van der Waals surface area (Å²) < 4.78 is 7.15. The molecule has 2 aromatic heterocycles. The van der Waals surface area contributed by atoms with Crippen LogP contribution in [0.1, 0.15) is 16.8 Å². The number of amides is 2. The van der Waals surface area contributed by atoms with Crippen LogP contribution in [0.4, 0.5) is 11.6 Å². The highest BCUT2D eigenvalue weighted by Gasteiger charge is 2.14. The molecule has 4 aromatic rings. The number of ether oxygens (including phenoxy) is 1. The number of carbonyl (C=O) groups excluding carboxylic acids is 2. The Morgan fingerprint density at radius 1 is 1.12 bits per heavy atom. The number of aromatic nitrogens is 5. The molecule has 162 valence electrons. The van der Waals surface area contributed by atoms with Crippen LogP contribution in [0.15, 0.2) is 67.3 Å². The smallest absolute Gasteiger partial charge is 0.258 e. The number of carbonyl (C=O) groups is 2. The molecule has 10 heteroatoms. The van der Waals surface area contributed by atoms with Gasteiger partial charge in [0.2, 0.25) is 11.9 Å². The molecule has 0 aliphatic heterocycles. The van der Waals surface area contributed by atoms with Crippen molar-refractivity contribution in [2.24, 2.45) is 0 Å². The molecule has 32 heavy (non-hydrogen) atoms. The summed E-state index contributed by atoms with van der Waals surface area (Å²) in [5, 5.41) is 12.3. The standard InChI is InChI=1S/C22H21N7O3/c1-32-18-8-3-2-7-17(18)20-25-22(28-27-20)26-21(31)15-5-4-6-16(13-15)24-19(30)9-11-29-12-10-23-14-29/h2-8,10,12-14H,9,11H2,1H3,(H,24,30)(H2,25,26,27,28,31). The number of aromatic amines is 1. The molecule has 0 saturated heterocycles. The summed E-state index contributed by atoms with van der Waals surface area (Å²) in [6, 6.07) is 14.0. The van der Waals surface area contributed by atoms with Crippen molar-refractivity contribution in [2.45, 2.75) is 13.0 Å². The van der Waals surface area contributed by atoms with Gasteiger partial charge in [-0.25, -0.2) is 4.98 Å². The van der Waals surface area contributed by atoms with Gasteiger partial charge in [0.25, 0.3) is 5.91 Å². The highest BCUT2D eigenvalue weighted by Crippen LogP contribution is 2.27. The quantitative estimate of drug-likeness (QED) is 0.394. The monoisotopic (exact) mass is 431 g/mol. The van der Waals surface area contributed by atoms with Crippen LogP contribution in [0.5, 0.6) is 5.75 Å². The molecule has 2 heterocycles. The summed E-state index contributed by atoms with van der Waals surface area (Å²) in [4.78, 5) is 33.1. The average Bonchev–Trinajstić information content (AvgIpc) is 3.50. The molecule has 0 spiro atoms. The molecule has 2 aromatic carbocycles. The van der Waals surface area contributed by atoms with Crippen LogP contribution in [-0.4, -0.2) is 43.7 Å². The summed E-state index contributed by atoms with van der Waals surface area (Å²) in [5.41, 5.74) is 1.61. The van der Waals surface area contributed by atoms with Crippen molar-refractivity contribution >= 4 is 23.5 Å². The van der Waals surface area contributed by atoms with Gasteiger partial charge in [-0.2, -0.15) is 4.98 Å². The zero-order chi connectivity index (χ0) is 22.3. The van der Waals surface area contributed by atoms with E-state index in [4.69, 9.17) is 4.74 Å². The van der Waals surface area contributed by atoms with Crippen LogP contribution in [0.2, 0.25) is 0 Å². The minimum atomic E-state index is -0.398. The second-order valence-electron chi connectivity index (χ2n) is 6.84. The van der Waals surface area contributed by atoms with E-state index in [0.29, 0.717) is 29.4 Å². The molecule has 0 atom stereocenters. The second kappa shape index (κ2) is 9.56. The molecule has 2 amide bonds. The number of nitrogens with one attached hydrogen (secondary N) is 3. The van der Waals surface area contributed by atoms with Gasteiger partial charge in [-0.15, -0.1) is 5.10 Å². The Morgan fingerprint density at radius 2 is 2.00 bits per heavy atom. The predicted octanol–water partition coefficient (Wildman–Crippen LogP) is 2.96. The molecule has 0 bridgehead atoms. The fourth-order valence-corrected chi connectivity index (χ4v) is 3.06. The van der Waals surface area contributed by atoms with E-state index in [1.807, 2.05) is 28.8 Å². The molecular weight excluding hydrogens is 410 g/mol. The van der Waals surface area contributed by atoms with Crippen molar-refractivity contribution in [3.05, 3.63) is 72.8 Å². The molecule has 0 aliphatic carbocycles. The van der Waals surface area contributed by atoms with Crippen LogP contribution < -0.4 is 15.4 Å². The number of nitrogens with zero attached hydrogens (tertiary/aromatic N) is 4. The lowest BCUT2D eigenvalue weighted by Crippen LogP contribution is -2.16. The third kappa shape index (κ3) is 4.98. The maximum Gasteiger partial charge on any atom is 0.258 e. The lowest BCUT2D eigenvalue weighted by atomic mass is 10.2. The van der Waals surface area contributed by atoms with Crippen molar-refractivity contribution in [3.8, 4) is 17.1 Å². The molecule has 10 nitrogen and oxygen atoms in total. The fraction of sp³-hybridized carbons (Fsp3) is 0.136. The average molecular weight is 431 g/mol. The normalized spacial score (nSPS) is 10.5. The Hall–Kier alpha value is -4.47. The summed E-state index contributed by atoms with van der Waals surface area (Å²) in [5.74, 6) is 0.678. The zero-order valence-electron chi connectivity index (χ0n) is 17.3. The summed E-state index contributed by atoms with van der Waals surface area (Å²) in [6.07, 6.45) is 5.39. The number of para-hydroxylation sites is 1. The van der Waals surface area contributed by atoms with Crippen molar-refractivity contribution in [1.82, 2.24) is 24.7 Å². The first-order valence-corrected chi connectivity index (χ1v) is 9.85. The summed E-state index contributed by atoms with van der Waals surface area (Å²) in [6.45, 7) is 0.519. The van der Waals surface area contributed by atoms with Crippen LogP contribution in [0.3, 0.4) is 0 Å². The summed E-state index contributed by atoms with van der Waals surface area (Å²) in [7, 11) is 1.57. The lowest BCUT2D eigenvalue weighted by molar-refractivity contribution is -0.116. The topological polar surface area (TPSA) is 127 Å². The lowest BCUT2D eigenvalue weighted by Gasteiger charge is -2.08. The van der Waals surface area contributed by atoms with E-state index in [9.17, 15) is 9.59 Å². The highest BCUT2D eigenvalue weighted by atomic mass is 16.5. The minimum Gasteiger partial charge on any atom is -0.496 e. The van der Waals surface area contributed by atoms with Crippen LogP contribution in [-0.2, 0) is 11.3 Å². The molecule has 3 N–H and O–H groups in total.